The van der Waals surface area contributed by atoms with Gasteiger partial charge in [0.05, 0.1) is 19.3 Å². The van der Waals surface area contributed by atoms with E-state index in [1.165, 1.54) is 0 Å². The first kappa shape index (κ1) is 13.3. The predicted octanol–water partition coefficient (Wildman–Crippen LogP) is 0.0140. The van der Waals surface area contributed by atoms with Gasteiger partial charge in [-0.2, -0.15) is 0 Å². The lowest BCUT2D eigenvalue weighted by atomic mass is 10.3. The first-order valence-electron chi connectivity index (χ1n) is 6.82. The summed E-state index contributed by atoms with van der Waals surface area (Å²) in [6.45, 7) is 3.06. The van der Waals surface area contributed by atoms with Crippen molar-refractivity contribution in [3.05, 3.63) is 18.6 Å². The zero-order valence-electron chi connectivity index (χ0n) is 11.7. The molecule has 3 rings (SSSR count). The number of hydrogen-bond donors (Lipinski definition) is 2. The number of nitrogens with one attached hydrogen (secondary N) is 2. The lowest BCUT2D eigenvalue weighted by Gasteiger charge is -2.26. The van der Waals surface area contributed by atoms with Gasteiger partial charge in [-0.1, -0.05) is 6.92 Å². The molecular formula is C13H16N6O2. The van der Waals surface area contributed by atoms with Crippen molar-refractivity contribution in [1.82, 2.24) is 19.7 Å². The van der Waals surface area contributed by atoms with E-state index in [9.17, 15) is 9.59 Å². The van der Waals surface area contributed by atoms with Gasteiger partial charge in [0.2, 0.25) is 11.8 Å². The van der Waals surface area contributed by atoms with Crippen molar-refractivity contribution in [3.8, 4) is 0 Å². The average Bonchev–Trinajstić information content (AvgIpc) is 2.91. The fraction of sp³-hybridized carbons (Fsp3) is 0.385. The zero-order chi connectivity index (χ0) is 14.8. The number of imidazole rings is 1. The second kappa shape index (κ2) is 5.39. The fourth-order valence-electron chi connectivity index (χ4n) is 2.25. The summed E-state index contributed by atoms with van der Waals surface area (Å²) >= 11 is 0. The van der Waals surface area contributed by atoms with Crippen molar-refractivity contribution in [2.75, 3.05) is 29.9 Å². The molecule has 2 aromatic heterocycles. The highest BCUT2D eigenvalue weighted by atomic mass is 16.2. The zero-order valence-corrected chi connectivity index (χ0v) is 11.7. The van der Waals surface area contributed by atoms with Crippen LogP contribution >= 0.6 is 0 Å². The number of rotatable bonds is 4. The summed E-state index contributed by atoms with van der Waals surface area (Å²) in [6.07, 6.45) is 6.29. The maximum atomic E-state index is 11.5. The maximum Gasteiger partial charge on any atom is 0.246 e. The number of aromatic nitrogens is 3. The van der Waals surface area contributed by atoms with E-state index in [1.54, 1.807) is 11.1 Å². The number of imide groups is 1. The van der Waals surface area contributed by atoms with Crippen LogP contribution in [0.5, 0.6) is 0 Å². The molecule has 21 heavy (non-hydrogen) atoms. The lowest BCUT2D eigenvalue weighted by molar-refractivity contribution is -0.130. The summed E-state index contributed by atoms with van der Waals surface area (Å²) in [5.41, 5.74) is 0.625. The third-order valence-corrected chi connectivity index (χ3v) is 3.16. The highest BCUT2D eigenvalue weighted by molar-refractivity contribution is 6.03. The van der Waals surface area contributed by atoms with Crippen molar-refractivity contribution in [2.24, 2.45) is 0 Å². The van der Waals surface area contributed by atoms with Gasteiger partial charge in [-0.3, -0.25) is 14.9 Å². The van der Waals surface area contributed by atoms with Crippen LogP contribution in [0, 0.1) is 0 Å². The number of amides is 2. The molecule has 2 aromatic rings. The molecule has 0 aromatic carbocycles. The molecule has 0 spiro atoms. The molecule has 1 aliphatic heterocycles. The van der Waals surface area contributed by atoms with E-state index >= 15 is 0 Å². The fourth-order valence-corrected chi connectivity index (χ4v) is 2.25. The Bertz CT molecular complexity index is 679. The van der Waals surface area contributed by atoms with Crippen LogP contribution in [0.2, 0.25) is 0 Å². The molecule has 1 fully saturated rings. The van der Waals surface area contributed by atoms with Crippen molar-refractivity contribution in [3.63, 3.8) is 0 Å². The number of carbonyl (C=O) groups is 2. The Balaban J connectivity index is 2.00. The smallest absolute Gasteiger partial charge is 0.246 e. The van der Waals surface area contributed by atoms with Gasteiger partial charge >= 0.3 is 0 Å². The summed E-state index contributed by atoms with van der Waals surface area (Å²) in [6, 6.07) is 0. The minimum Gasteiger partial charge on any atom is -0.369 e. The number of piperazine rings is 1. The second-order valence-corrected chi connectivity index (χ2v) is 4.86. The molecule has 2 N–H and O–H groups in total. The summed E-state index contributed by atoms with van der Waals surface area (Å²) in [7, 11) is 0. The topological polar surface area (TPSA) is 91.6 Å². The van der Waals surface area contributed by atoms with Crippen LogP contribution in [0.25, 0.3) is 5.65 Å². The molecule has 3 heterocycles. The monoisotopic (exact) mass is 288 g/mol. The molecular weight excluding hydrogens is 272 g/mol. The molecule has 1 saturated heterocycles. The number of anilines is 2. The number of nitrogens with zero attached hydrogens (tertiary/aromatic N) is 4. The first-order valence-corrected chi connectivity index (χ1v) is 6.82. The molecule has 1 aliphatic rings. The Morgan fingerprint density at radius 2 is 2.10 bits per heavy atom. The highest BCUT2D eigenvalue weighted by Gasteiger charge is 2.26. The SMILES string of the molecule is CCCNc1cn2ccnc2c(N2CC(=O)NC(=O)C2)n1. The van der Waals surface area contributed by atoms with Crippen molar-refractivity contribution in [1.29, 1.82) is 0 Å². The van der Waals surface area contributed by atoms with Gasteiger partial charge in [0.15, 0.2) is 11.5 Å². The van der Waals surface area contributed by atoms with Crippen molar-refractivity contribution in [2.45, 2.75) is 13.3 Å². The number of hydrogen-bond acceptors (Lipinski definition) is 6. The van der Waals surface area contributed by atoms with Gasteiger partial charge in [0, 0.05) is 18.9 Å². The molecule has 0 bridgehead atoms. The second-order valence-electron chi connectivity index (χ2n) is 4.86. The molecule has 0 atom stereocenters. The quantitative estimate of drug-likeness (QED) is 0.770. The molecule has 0 unspecified atom stereocenters. The summed E-state index contributed by atoms with van der Waals surface area (Å²) in [5, 5.41) is 5.49. The standard InChI is InChI=1S/C13H16N6O2/c1-2-3-14-9-6-18-5-4-15-12(18)13(16-9)19-7-10(20)17-11(21)8-19/h4-6,14H,2-3,7-8H2,1H3,(H,17,20,21). The Hall–Kier alpha value is -2.64. The molecule has 0 aliphatic carbocycles. The van der Waals surface area contributed by atoms with Crippen LogP contribution < -0.4 is 15.5 Å². The van der Waals surface area contributed by atoms with Gasteiger partial charge in [-0.05, 0) is 6.42 Å². The van der Waals surface area contributed by atoms with Crippen molar-refractivity contribution < 1.29 is 9.59 Å². The van der Waals surface area contributed by atoms with Crippen LogP contribution in [0.4, 0.5) is 11.6 Å². The lowest BCUT2D eigenvalue weighted by Crippen LogP contribution is -2.51. The van der Waals surface area contributed by atoms with E-state index in [0.29, 0.717) is 17.3 Å². The van der Waals surface area contributed by atoms with Crippen LogP contribution in [0.3, 0.4) is 0 Å². The van der Waals surface area contributed by atoms with E-state index < -0.39 is 0 Å². The largest absolute Gasteiger partial charge is 0.369 e. The van der Waals surface area contributed by atoms with E-state index in [2.05, 4.69) is 27.5 Å². The Morgan fingerprint density at radius 3 is 2.81 bits per heavy atom. The van der Waals surface area contributed by atoms with E-state index in [0.717, 1.165) is 13.0 Å². The van der Waals surface area contributed by atoms with Gasteiger partial charge < -0.3 is 14.6 Å². The maximum absolute atomic E-state index is 11.5. The van der Waals surface area contributed by atoms with Gasteiger partial charge in [-0.15, -0.1) is 0 Å². The summed E-state index contributed by atoms with van der Waals surface area (Å²) < 4.78 is 1.83. The Labute approximate surface area is 121 Å². The minimum absolute atomic E-state index is 0.0957. The Morgan fingerprint density at radius 1 is 1.33 bits per heavy atom. The molecule has 2 amide bonds. The first-order chi connectivity index (χ1) is 10.2. The molecule has 110 valence electrons. The van der Waals surface area contributed by atoms with Crippen LogP contribution in [0.15, 0.2) is 18.6 Å². The minimum atomic E-state index is -0.329. The van der Waals surface area contributed by atoms with E-state index in [4.69, 9.17) is 0 Å². The summed E-state index contributed by atoms with van der Waals surface area (Å²) in [4.78, 5) is 33.5. The van der Waals surface area contributed by atoms with Crippen LogP contribution in [0.1, 0.15) is 13.3 Å². The average molecular weight is 288 g/mol. The molecule has 8 heteroatoms. The third-order valence-electron chi connectivity index (χ3n) is 3.16. The third kappa shape index (κ3) is 2.64. The van der Waals surface area contributed by atoms with Gasteiger partial charge in [-0.25, -0.2) is 9.97 Å². The van der Waals surface area contributed by atoms with Gasteiger partial charge in [0.1, 0.15) is 5.82 Å². The highest BCUT2D eigenvalue weighted by Crippen LogP contribution is 2.21. The van der Waals surface area contributed by atoms with Crippen molar-refractivity contribution >= 4 is 29.1 Å². The summed E-state index contributed by atoms with van der Waals surface area (Å²) in [5.74, 6) is 0.564. The number of fused-ring (bicyclic) bond motifs is 1. The van der Waals surface area contributed by atoms with Crippen LogP contribution in [-0.4, -0.2) is 45.8 Å². The predicted molar refractivity (Wildman–Crippen MR) is 77.1 cm³/mol. The normalized spacial score (nSPS) is 15.4. The van der Waals surface area contributed by atoms with E-state index in [-0.39, 0.29) is 24.9 Å². The van der Waals surface area contributed by atoms with Gasteiger partial charge in [0.25, 0.3) is 0 Å². The Kier molecular flexibility index (Phi) is 3.43. The molecule has 8 nitrogen and oxygen atoms in total. The van der Waals surface area contributed by atoms with Crippen LogP contribution in [-0.2, 0) is 9.59 Å². The number of carbonyl (C=O) groups excluding carboxylic acids is 2. The molecule has 0 radical (unpaired) electrons. The molecule has 0 saturated carbocycles. The van der Waals surface area contributed by atoms with E-state index in [1.807, 2.05) is 16.8 Å².